The third-order valence-electron chi connectivity index (χ3n) is 3.14. The van der Waals surface area contributed by atoms with Gasteiger partial charge in [-0.3, -0.25) is 0 Å². The smallest absolute Gasteiger partial charge is 0.105 e. The minimum absolute atomic E-state index is 0.115. The first kappa shape index (κ1) is 11.5. The summed E-state index contributed by atoms with van der Waals surface area (Å²) in [5.74, 6) is 0. The number of hydrogen-bond acceptors (Lipinski definition) is 2. The van der Waals surface area contributed by atoms with Gasteiger partial charge in [-0.1, -0.05) is 54.2 Å². The molecule has 3 rings (SSSR count). The van der Waals surface area contributed by atoms with Gasteiger partial charge >= 0.3 is 0 Å². The topological polar surface area (TPSA) is 12.4 Å². The molecule has 90 valence electrons. The summed E-state index contributed by atoms with van der Waals surface area (Å²) in [5.41, 5.74) is 3.67. The van der Waals surface area contributed by atoms with Gasteiger partial charge in [0.2, 0.25) is 0 Å². The average molecular weight is 253 g/mol. The zero-order chi connectivity index (χ0) is 12.6. The van der Waals surface area contributed by atoms with Crippen LogP contribution in [0.3, 0.4) is 0 Å². The first-order valence-electron chi connectivity index (χ1n) is 6.09. The molecule has 1 nitrogen and oxygen atoms in total. The van der Waals surface area contributed by atoms with Crippen molar-refractivity contribution in [2.75, 3.05) is 0 Å². The molecule has 0 saturated heterocycles. The molecular formula is C16H15NS. The van der Waals surface area contributed by atoms with Crippen LogP contribution in [0.4, 0.5) is 5.69 Å². The second kappa shape index (κ2) is 4.29. The summed E-state index contributed by atoms with van der Waals surface area (Å²) in [7, 11) is 0. The van der Waals surface area contributed by atoms with E-state index in [0.717, 1.165) is 10.7 Å². The first-order chi connectivity index (χ1) is 8.67. The molecular weight excluding hydrogens is 238 g/mol. The average Bonchev–Trinajstić information content (AvgIpc) is 2.63. The molecule has 0 unspecified atom stereocenters. The van der Waals surface area contributed by atoms with Crippen LogP contribution in [-0.4, -0.2) is 5.04 Å². The Morgan fingerprint density at radius 2 is 1.56 bits per heavy atom. The SMILES string of the molecule is CC1(C)SC(=Nc2ccccc2)c2ccccc21. The number of aliphatic imine (C=N–C) groups is 1. The predicted molar refractivity (Wildman–Crippen MR) is 79.7 cm³/mol. The molecule has 2 aromatic carbocycles. The van der Waals surface area contributed by atoms with Crippen molar-refractivity contribution >= 4 is 22.5 Å². The maximum Gasteiger partial charge on any atom is 0.105 e. The number of benzene rings is 2. The fourth-order valence-electron chi connectivity index (χ4n) is 2.25. The predicted octanol–water partition coefficient (Wildman–Crippen LogP) is 4.75. The van der Waals surface area contributed by atoms with E-state index in [9.17, 15) is 0 Å². The molecule has 0 atom stereocenters. The number of fused-ring (bicyclic) bond motifs is 1. The molecule has 0 aliphatic carbocycles. The molecule has 0 saturated carbocycles. The van der Waals surface area contributed by atoms with Crippen molar-refractivity contribution in [1.82, 2.24) is 0 Å². The van der Waals surface area contributed by atoms with Crippen LogP contribution < -0.4 is 0 Å². The lowest BCUT2D eigenvalue weighted by atomic mass is 9.98. The van der Waals surface area contributed by atoms with Crippen molar-refractivity contribution in [3.8, 4) is 0 Å². The highest BCUT2D eigenvalue weighted by molar-refractivity contribution is 8.15. The largest absolute Gasteiger partial charge is 0.241 e. The van der Waals surface area contributed by atoms with Gasteiger partial charge in [0.15, 0.2) is 0 Å². The number of para-hydroxylation sites is 1. The minimum Gasteiger partial charge on any atom is -0.241 e. The highest BCUT2D eigenvalue weighted by Crippen LogP contribution is 2.47. The molecule has 0 fully saturated rings. The third kappa shape index (κ3) is 1.97. The molecule has 0 N–H and O–H groups in total. The Morgan fingerprint density at radius 3 is 2.33 bits per heavy atom. The van der Waals surface area contributed by atoms with E-state index in [4.69, 9.17) is 4.99 Å². The lowest BCUT2D eigenvalue weighted by Gasteiger charge is -2.16. The number of nitrogens with zero attached hydrogens (tertiary/aromatic N) is 1. The zero-order valence-electron chi connectivity index (χ0n) is 10.6. The van der Waals surface area contributed by atoms with Gasteiger partial charge in [0, 0.05) is 10.3 Å². The van der Waals surface area contributed by atoms with Crippen LogP contribution in [0.25, 0.3) is 0 Å². The van der Waals surface area contributed by atoms with Crippen molar-refractivity contribution in [3.63, 3.8) is 0 Å². The highest BCUT2D eigenvalue weighted by Gasteiger charge is 2.34. The zero-order valence-corrected chi connectivity index (χ0v) is 11.4. The lowest BCUT2D eigenvalue weighted by molar-refractivity contribution is 0.793. The Bertz CT molecular complexity index is 600. The Labute approximate surface area is 112 Å². The second-order valence-corrected chi connectivity index (χ2v) is 6.52. The summed E-state index contributed by atoms with van der Waals surface area (Å²) in [5, 5.41) is 1.13. The van der Waals surface area contributed by atoms with E-state index >= 15 is 0 Å². The van der Waals surface area contributed by atoms with E-state index < -0.39 is 0 Å². The summed E-state index contributed by atoms with van der Waals surface area (Å²) in [6, 6.07) is 18.7. The summed E-state index contributed by atoms with van der Waals surface area (Å²) >= 11 is 1.84. The van der Waals surface area contributed by atoms with Gasteiger partial charge in [-0.05, 0) is 31.5 Å². The van der Waals surface area contributed by atoms with Crippen LogP contribution in [0.5, 0.6) is 0 Å². The number of rotatable bonds is 1. The molecule has 1 aliphatic heterocycles. The molecule has 0 spiro atoms. The van der Waals surface area contributed by atoms with Crippen molar-refractivity contribution in [3.05, 3.63) is 65.7 Å². The fourth-order valence-corrected chi connectivity index (χ4v) is 3.46. The summed E-state index contributed by atoms with van der Waals surface area (Å²) < 4.78 is 0.115. The second-order valence-electron chi connectivity index (χ2n) is 4.91. The molecule has 2 aromatic rings. The summed E-state index contributed by atoms with van der Waals surface area (Å²) in [4.78, 5) is 4.77. The Balaban J connectivity index is 2.09. The van der Waals surface area contributed by atoms with Crippen LogP contribution in [0.1, 0.15) is 25.0 Å². The van der Waals surface area contributed by atoms with Crippen molar-refractivity contribution in [1.29, 1.82) is 0 Å². The van der Waals surface area contributed by atoms with Crippen molar-refractivity contribution in [2.45, 2.75) is 18.6 Å². The van der Waals surface area contributed by atoms with Crippen LogP contribution in [0.2, 0.25) is 0 Å². The van der Waals surface area contributed by atoms with Gasteiger partial charge in [-0.25, -0.2) is 4.99 Å². The lowest BCUT2D eigenvalue weighted by Crippen LogP contribution is -2.06. The van der Waals surface area contributed by atoms with E-state index in [1.54, 1.807) is 0 Å². The number of hydrogen-bond donors (Lipinski definition) is 0. The van der Waals surface area contributed by atoms with Crippen LogP contribution >= 0.6 is 11.8 Å². The monoisotopic (exact) mass is 253 g/mol. The fraction of sp³-hybridized carbons (Fsp3) is 0.188. The van der Waals surface area contributed by atoms with E-state index in [1.807, 2.05) is 42.1 Å². The molecule has 0 aromatic heterocycles. The van der Waals surface area contributed by atoms with Crippen LogP contribution in [-0.2, 0) is 4.75 Å². The van der Waals surface area contributed by atoms with E-state index in [1.165, 1.54) is 11.1 Å². The Kier molecular flexibility index (Phi) is 2.75. The molecule has 0 bridgehead atoms. The van der Waals surface area contributed by atoms with Gasteiger partial charge in [0.25, 0.3) is 0 Å². The van der Waals surface area contributed by atoms with E-state index in [2.05, 4.69) is 38.1 Å². The molecule has 2 heteroatoms. The first-order valence-corrected chi connectivity index (χ1v) is 6.91. The van der Waals surface area contributed by atoms with Gasteiger partial charge in [0.05, 0.1) is 5.69 Å². The van der Waals surface area contributed by atoms with Gasteiger partial charge in [0.1, 0.15) is 5.04 Å². The van der Waals surface area contributed by atoms with Crippen LogP contribution in [0, 0.1) is 0 Å². The molecule has 18 heavy (non-hydrogen) atoms. The van der Waals surface area contributed by atoms with E-state index in [0.29, 0.717) is 0 Å². The standard InChI is InChI=1S/C16H15NS/c1-16(2)14-11-7-6-10-13(14)15(18-16)17-12-8-4-3-5-9-12/h3-11H,1-2H3. The summed E-state index contributed by atoms with van der Waals surface area (Å²) in [6.07, 6.45) is 0. The highest BCUT2D eigenvalue weighted by atomic mass is 32.2. The van der Waals surface area contributed by atoms with E-state index in [-0.39, 0.29) is 4.75 Å². The van der Waals surface area contributed by atoms with Crippen molar-refractivity contribution < 1.29 is 0 Å². The quantitative estimate of drug-likeness (QED) is 0.714. The van der Waals surface area contributed by atoms with Gasteiger partial charge in [-0.2, -0.15) is 0 Å². The number of thioether (sulfide) groups is 1. The van der Waals surface area contributed by atoms with Gasteiger partial charge < -0.3 is 0 Å². The normalized spacial score (nSPS) is 18.9. The molecule has 0 radical (unpaired) electrons. The third-order valence-corrected chi connectivity index (χ3v) is 4.38. The van der Waals surface area contributed by atoms with Crippen LogP contribution in [0.15, 0.2) is 59.6 Å². The molecule has 0 amide bonds. The summed E-state index contributed by atoms with van der Waals surface area (Å²) in [6.45, 7) is 4.51. The van der Waals surface area contributed by atoms with Crippen molar-refractivity contribution in [2.24, 2.45) is 4.99 Å². The molecule has 1 aliphatic rings. The van der Waals surface area contributed by atoms with Gasteiger partial charge in [-0.15, -0.1) is 0 Å². The minimum atomic E-state index is 0.115. The maximum atomic E-state index is 4.77. The Hall–Kier alpha value is -1.54. The molecule has 1 heterocycles. The Morgan fingerprint density at radius 1 is 0.889 bits per heavy atom. The maximum absolute atomic E-state index is 4.77.